The first-order chi connectivity index (χ1) is 7.85. The highest BCUT2D eigenvalue weighted by molar-refractivity contribution is 5.81. The van der Waals surface area contributed by atoms with Crippen LogP contribution in [0.5, 0.6) is 0 Å². The minimum absolute atomic E-state index is 0.325. The molecule has 2 rings (SSSR count). The number of nitrogens with zero attached hydrogens (tertiary/aromatic N) is 1. The van der Waals surface area contributed by atoms with E-state index in [0.29, 0.717) is 6.04 Å². The van der Waals surface area contributed by atoms with Crippen molar-refractivity contribution in [1.29, 1.82) is 0 Å². The van der Waals surface area contributed by atoms with Gasteiger partial charge in [-0.25, -0.2) is 0 Å². The van der Waals surface area contributed by atoms with E-state index in [2.05, 4.69) is 29.5 Å². The number of hydrogen-bond acceptors (Lipinski definition) is 3. The van der Waals surface area contributed by atoms with Crippen molar-refractivity contribution >= 4 is 10.9 Å². The molecule has 2 aromatic rings. The van der Waals surface area contributed by atoms with Crippen LogP contribution in [-0.4, -0.2) is 11.0 Å². The molecule has 1 aromatic carbocycles. The lowest BCUT2D eigenvalue weighted by Crippen LogP contribution is -2.36. The molecule has 1 aromatic heterocycles. The number of benzene rings is 1. The van der Waals surface area contributed by atoms with Crippen molar-refractivity contribution < 1.29 is 0 Å². The second-order valence-electron chi connectivity index (χ2n) is 3.96. The summed E-state index contributed by atoms with van der Waals surface area (Å²) in [6, 6.07) is 10.6. The van der Waals surface area contributed by atoms with E-state index in [0.717, 1.165) is 18.4 Å². The van der Waals surface area contributed by atoms with Gasteiger partial charge >= 0.3 is 0 Å². The maximum atomic E-state index is 5.51. The Morgan fingerprint density at radius 2 is 2.12 bits per heavy atom. The van der Waals surface area contributed by atoms with E-state index in [1.807, 2.05) is 24.4 Å². The fraction of sp³-hybridized carbons (Fsp3) is 0.308. The minimum atomic E-state index is 0.325. The predicted molar refractivity (Wildman–Crippen MR) is 66.8 cm³/mol. The van der Waals surface area contributed by atoms with Crippen molar-refractivity contribution in [2.75, 3.05) is 0 Å². The molecule has 0 saturated carbocycles. The largest absolute Gasteiger partial charge is 0.271 e. The monoisotopic (exact) mass is 215 g/mol. The molecule has 3 heteroatoms. The Labute approximate surface area is 95.7 Å². The number of nitrogens with one attached hydrogen (secondary N) is 1. The maximum Gasteiger partial charge on any atom is 0.0704 e. The topological polar surface area (TPSA) is 50.9 Å². The fourth-order valence-electron chi connectivity index (χ4n) is 1.92. The molecule has 0 radical (unpaired) electrons. The average Bonchev–Trinajstić information content (AvgIpc) is 2.36. The summed E-state index contributed by atoms with van der Waals surface area (Å²) in [7, 11) is 0. The molecule has 3 nitrogen and oxygen atoms in total. The molecule has 0 bridgehead atoms. The fourth-order valence-corrected chi connectivity index (χ4v) is 1.92. The molecular formula is C13H17N3. The third kappa shape index (κ3) is 2.21. The van der Waals surface area contributed by atoms with Gasteiger partial charge in [0.1, 0.15) is 0 Å². The molecule has 1 unspecified atom stereocenters. The SMILES string of the molecule is CCC(Cc1ccnc2ccccc12)NN. The highest BCUT2D eigenvalue weighted by Crippen LogP contribution is 2.17. The molecule has 0 fully saturated rings. The number of hydrogen-bond donors (Lipinski definition) is 2. The Morgan fingerprint density at radius 3 is 2.88 bits per heavy atom. The summed E-state index contributed by atoms with van der Waals surface area (Å²) in [4.78, 5) is 4.35. The average molecular weight is 215 g/mol. The van der Waals surface area contributed by atoms with Crippen molar-refractivity contribution in [3.63, 3.8) is 0 Å². The maximum absolute atomic E-state index is 5.51. The van der Waals surface area contributed by atoms with Gasteiger partial charge in [-0.3, -0.25) is 16.3 Å². The third-order valence-corrected chi connectivity index (χ3v) is 2.93. The van der Waals surface area contributed by atoms with E-state index >= 15 is 0 Å². The minimum Gasteiger partial charge on any atom is -0.271 e. The van der Waals surface area contributed by atoms with E-state index < -0.39 is 0 Å². The van der Waals surface area contributed by atoms with Crippen molar-refractivity contribution in [3.8, 4) is 0 Å². The van der Waals surface area contributed by atoms with E-state index in [1.54, 1.807) is 0 Å². The van der Waals surface area contributed by atoms with Gasteiger partial charge in [-0.15, -0.1) is 0 Å². The molecule has 1 atom stereocenters. The lowest BCUT2D eigenvalue weighted by molar-refractivity contribution is 0.512. The summed E-state index contributed by atoms with van der Waals surface area (Å²) < 4.78 is 0. The van der Waals surface area contributed by atoms with Crippen LogP contribution in [0.2, 0.25) is 0 Å². The normalized spacial score (nSPS) is 12.9. The number of nitrogens with two attached hydrogens (primary N) is 1. The summed E-state index contributed by atoms with van der Waals surface area (Å²) >= 11 is 0. The number of fused-ring (bicyclic) bond motifs is 1. The summed E-state index contributed by atoms with van der Waals surface area (Å²) in [5, 5.41) is 1.22. The highest BCUT2D eigenvalue weighted by Gasteiger charge is 2.07. The lowest BCUT2D eigenvalue weighted by Gasteiger charge is -2.14. The Balaban J connectivity index is 2.36. The van der Waals surface area contributed by atoms with Gasteiger partial charge in [-0.2, -0.15) is 0 Å². The zero-order chi connectivity index (χ0) is 11.4. The molecule has 0 aliphatic carbocycles. The van der Waals surface area contributed by atoms with Crippen LogP contribution in [0.1, 0.15) is 18.9 Å². The van der Waals surface area contributed by atoms with Gasteiger partial charge in [0.05, 0.1) is 5.52 Å². The number of para-hydroxylation sites is 1. The van der Waals surface area contributed by atoms with Crippen molar-refractivity contribution in [2.24, 2.45) is 5.84 Å². The van der Waals surface area contributed by atoms with Crippen molar-refractivity contribution in [3.05, 3.63) is 42.1 Å². The first-order valence-electron chi connectivity index (χ1n) is 5.64. The highest BCUT2D eigenvalue weighted by atomic mass is 15.2. The summed E-state index contributed by atoms with van der Waals surface area (Å²) in [5.74, 6) is 5.51. The van der Waals surface area contributed by atoms with Gasteiger partial charge in [0, 0.05) is 17.6 Å². The van der Waals surface area contributed by atoms with Gasteiger partial charge < -0.3 is 0 Å². The molecular weight excluding hydrogens is 198 g/mol. The smallest absolute Gasteiger partial charge is 0.0704 e. The Bertz CT molecular complexity index is 458. The Kier molecular flexibility index (Phi) is 3.49. The van der Waals surface area contributed by atoms with E-state index in [4.69, 9.17) is 5.84 Å². The molecule has 0 aliphatic heterocycles. The zero-order valence-corrected chi connectivity index (χ0v) is 9.48. The van der Waals surface area contributed by atoms with Crippen molar-refractivity contribution in [1.82, 2.24) is 10.4 Å². The summed E-state index contributed by atoms with van der Waals surface area (Å²) in [6.07, 6.45) is 3.82. The number of aromatic nitrogens is 1. The molecule has 84 valence electrons. The van der Waals surface area contributed by atoms with E-state index in [9.17, 15) is 0 Å². The second kappa shape index (κ2) is 5.05. The van der Waals surface area contributed by atoms with Gasteiger partial charge in [-0.05, 0) is 30.5 Å². The molecule has 0 spiro atoms. The van der Waals surface area contributed by atoms with Gasteiger partial charge in [0.25, 0.3) is 0 Å². The molecule has 0 saturated heterocycles. The predicted octanol–water partition coefficient (Wildman–Crippen LogP) is 2.02. The lowest BCUT2D eigenvalue weighted by atomic mass is 10.0. The van der Waals surface area contributed by atoms with Gasteiger partial charge in [-0.1, -0.05) is 25.1 Å². The van der Waals surface area contributed by atoms with Crippen LogP contribution in [0.25, 0.3) is 10.9 Å². The molecule has 1 heterocycles. The molecule has 3 N–H and O–H groups in total. The van der Waals surface area contributed by atoms with Crippen LogP contribution >= 0.6 is 0 Å². The Hall–Kier alpha value is -1.45. The van der Waals surface area contributed by atoms with E-state index in [1.165, 1.54) is 10.9 Å². The van der Waals surface area contributed by atoms with E-state index in [-0.39, 0.29) is 0 Å². The standard InChI is InChI=1S/C13H17N3/c1-2-11(16-14)9-10-7-8-15-13-6-4-3-5-12(10)13/h3-8,11,16H,2,9,14H2,1H3. The first kappa shape index (κ1) is 11.0. The Morgan fingerprint density at radius 1 is 1.31 bits per heavy atom. The summed E-state index contributed by atoms with van der Waals surface area (Å²) in [5.41, 5.74) is 5.19. The molecule has 16 heavy (non-hydrogen) atoms. The van der Waals surface area contributed by atoms with Gasteiger partial charge in [0.15, 0.2) is 0 Å². The molecule has 0 aliphatic rings. The van der Waals surface area contributed by atoms with Crippen LogP contribution in [0.15, 0.2) is 36.5 Å². The van der Waals surface area contributed by atoms with Crippen LogP contribution in [0.3, 0.4) is 0 Å². The number of rotatable bonds is 4. The summed E-state index contributed by atoms with van der Waals surface area (Å²) in [6.45, 7) is 2.13. The zero-order valence-electron chi connectivity index (χ0n) is 9.48. The van der Waals surface area contributed by atoms with Crippen LogP contribution in [0.4, 0.5) is 0 Å². The van der Waals surface area contributed by atoms with Crippen molar-refractivity contribution in [2.45, 2.75) is 25.8 Å². The quantitative estimate of drug-likeness (QED) is 0.606. The second-order valence-corrected chi connectivity index (χ2v) is 3.96. The molecule has 0 amide bonds. The van der Waals surface area contributed by atoms with Crippen LogP contribution < -0.4 is 11.3 Å². The first-order valence-corrected chi connectivity index (χ1v) is 5.64. The third-order valence-electron chi connectivity index (χ3n) is 2.93. The number of pyridine rings is 1. The van der Waals surface area contributed by atoms with Crippen LogP contribution in [0, 0.1) is 0 Å². The number of hydrazine groups is 1. The van der Waals surface area contributed by atoms with Crippen LogP contribution in [-0.2, 0) is 6.42 Å². The van der Waals surface area contributed by atoms with Gasteiger partial charge in [0.2, 0.25) is 0 Å².